The number of hydrogen-bond acceptors (Lipinski definition) is 4. The molecule has 4 heteroatoms. The van der Waals surface area contributed by atoms with Gasteiger partial charge in [0, 0.05) is 12.7 Å². The lowest BCUT2D eigenvalue weighted by molar-refractivity contribution is 0.183. The molecule has 0 amide bonds. The molecule has 0 saturated carbocycles. The van der Waals surface area contributed by atoms with Gasteiger partial charge in [-0.25, -0.2) is 4.98 Å². The third kappa shape index (κ3) is 2.60. The van der Waals surface area contributed by atoms with Crippen LogP contribution in [0.15, 0.2) is 12.3 Å². The maximum atomic E-state index is 9.35. The van der Waals surface area contributed by atoms with Crippen molar-refractivity contribution in [1.29, 1.82) is 0 Å². The largest absolute Gasteiger partial charge is 0.396 e. The fourth-order valence-corrected chi connectivity index (χ4v) is 1.07. The standard InChI is InChI=1S/C10H17N3O/c1-3-8(14)6-13-10-9(11)7(2)4-5-12-10/h4-5,8,14H,3,6,11H2,1-2H3,(H,12,13). The maximum Gasteiger partial charge on any atom is 0.149 e. The molecule has 0 radical (unpaired) electrons. The van der Waals surface area contributed by atoms with E-state index in [0.29, 0.717) is 18.1 Å². The summed E-state index contributed by atoms with van der Waals surface area (Å²) >= 11 is 0. The number of anilines is 2. The highest BCUT2D eigenvalue weighted by molar-refractivity contribution is 5.64. The maximum absolute atomic E-state index is 9.35. The van der Waals surface area contributed by atoms with E-state index in [0.717, 1.165) is 12.0 Å². The molecule has 78 valence electrons. The summed E-state index contributed by atoms with van der Waals surface area (Å²) in [4.78, 5) is 4.10. The number of nitrogens with one attached hydrogen (secondary N) is 1. The van der Waals surface area contributed by atoms with Gasteiger partial charge in [-0.15, -0.1) is 0 Å². The van der Waals surface area contributed by atoms with Crippen molar-refractivity contribution in [3.05, 3.63) is 17.8 Å². The van der Waals surface area contributed by atoms with Crippen molar-refractivity contribution in [3.63, 3.8) is 0 Å². The second-order valence-electron chi connectivity index (χ2n) is 3.33. The van der Waals surface area contributed by atoms with E-state index in [-0.39, 0.29) is 6.10 Å². The quantitative estimate of drug-likeness (QED) is 0.674. The molecule has 1 aromatic heterocycles. The average molecular weight is 195 g/mol. The lowest BCUT2D eigenvalue weighted by Gasteiger charge is -2.12. The van der Waals surface area contributed by atoms with E-state index in [1.54, 1.807) is 6.20 Å². The summed E-state index contributed by atoms with van der Waals surface area (Å²) in [5.74, 6) is 0.650. The number of nitrogens with two attached hydrogens (primary N) is 1. The molecule has 0 aromatic carbocycles. The highest BCUT2D eigenvalue weighted by Gasteiger charge is 2.04. The molecule has 1 atom stereocenters. The van der Waals surface area contributed by atoms with Crippen LogP contribution in [0.3, 0.4) is 0 Å². The topological polar surface area (TPSA) is 71.2 Å². The van der Waals surface area contributed by atoms with Crippen LogP contribution in [-0.2, 0) is 0 Å². The normalized spacial score (nSPS) is 12.5. The van der Waals surface area contributed by atoms with Gasteiger partial charge in [0.05, 0.1) is 11.8 Å². The Kier molecular flexibility index (Phi) is 3.71. The Morgan fingerprint density at radius 2 is 2.36 bits per heavy atom. The van der Waals surface area contributed by atoms with Gasteiger partial charge in [0.25, 0.3) is 0 Å². The molecular weight excluding hydrogens is 178 g/mol. The molecule has 14 heavy (non-hydrogen) atoms. The van der Waals surface area contributed by atoms with Crippen molar-refractivity contribution in [1.82, 2.24) is 4.98 Å². The molecule has 4 N–H and O–H groups in total. The SMILES string of the molecule is CCC(O)CNc1nccc(C)c1N. The van der Waals surface area contributed by atoms with Gasteiger partial charge in [0.1, 0.15) is 5.82 Å². The first-order chi connectivity index (χ1) is 6.65. The number of hydrogen-bond donors (Lipinski definition) is 3. The molecule has 0 aliphatic carbocycles. The van der Waals surface area contributed by atoms with E-state index in [4.69, 9.17) is 5.73 Å². The van der Waals surface area contributed by atoms with Gasteiger partial charge in [-0.1, -0.05) is 6.92 Å². The number of aliphatic hydroxyl groups is 1. The minimum absolute atomic E-state index is 0.350. The average Bonchev–Trinajstić information content (AvgIpc) is 2.20. The van der Waals surface area contributed by atoms with Crippen molar-refractivity contribution >= 4 is 11.5 Å². The lowest BCUT2D eigenvalue weighted by atomic mass is 10.2. The first-order valence-electron chi connectivity index (χ1n) is 4.78. The Balaban J connectivity index is 2.63. The van der Waals surface area contributed by atoms with Crippen LogP contribution in [0.25, 0.3) is 0 Å². The van der Waals surface area contributed by atoms with Crippen LogP contribution in [0.1, 0.15) is 18.9 Å². The Morgan fingerprint density at radius 1 is 1.64 bits per heavy atom. The van der Waals surface area contributed by atoms with Crippen molar-refractivity contribution in [2.45, 2.75) is 26.4 Å². The van der Waals surface area contributed by atoms with E-state index in [9.17, 15) is 5.11 Å². The van der Waals surface area contributed by atoms with Gasteiger partial charge in [0.2, 0.25) is 0 Å². The molecule has 4 nitrogen and oxygen atoms in total. The summed E-state index contributed by atoms with van der Waals surface area (Å²) in [5, 5.41) is 12.4. The monoisotopic (exact) mass is 195 g/mol. The second kappa shape index (κ2) is 4.81. The number of nitrogen functional groups attached to an aromatic ring is 1. The fourth-order valence-electron chi connectivity index (χ4n) is 1.07. The van der Waals surface area contributed by atoms with Crippen molar-refractivity contribution < 1.29 is 5.11 Å². The zero-order valence-corrected chi connectivity index (χ0v) is 8.62. The van der Waals surface area contributed by atoms with Crippen LogP contribution < -0.4 is 11.1 Å². The van der Waals surface area contributed by atoms with Gasteiger partial charge in [-0.2, -0.15) is 0 Å². The van der Waals surface area contributed by atoms with E-state index < -0.39 is 0 Å². The first kappa shape index (κ1) is 10.8. The molecule has 1 aromatic rings. The van der Waals surface area contributed by atoms with Crippen LogP contribution in [0.5, 0.6) is 0 Å². The molecule has 0 aliphatic heterocycles. The molecule has 0 spiro atoms. The van der Waals surface area contributed by atoms with Crippen LogP contribution in [0.2, 0.25) is 0 Å². The van der Waals surface area contributed by atoms with E-state index in [2.05, 4.69) is 10.3 Å². The molecule has 1 rings (SSSR count). The molecular formula is C10H17N3O. The van der Waals surface area contributed by atoms with Gasteiger partial charge in [0.15, 0.2) is 0 Å². The second-order valence-corrected chi connectivity index (χ2v) is 3.33. The van der Waals surface area contributed by atoms with E-state index in [1.165, 1.54) is 0 Å². The van der Waals surface area contributed by atoms with Crippen LogP contribution in [0, 0.1) is 6.92 Å². The fraction of sp³-hybridized carbons (Fsp3) is 0.500. The van der Waals surface area contributed by atoms with Gasteiger partial charge in [-0.3, -0.25) is 0 Å². The number of aliphatic hydroxyl groups excluding tert-OH is 1. The van der Waals surface area contributed by atoms with Crippen LogP contribution in [-0.4, -0.2) is 22.7 Å². The number of aromatic nitrogens is 1. The summed E-state index contributed by atoms with van der Waals surface area (Å²) in [6.45, 7) is 4.34. The third-order valence-electron chi connectivity index (χ3n) is 2.18. The predicted molar refractivity (Wildman–Crippen MR) is 58.2 cm³/mol. The molecule has 0 saturated heterocycles. The molecule has 0 fully saturated rings. The van der Waals surface area contributed by atoms with Gasteiger partial charge < -0.3 is 16.2 Å². The molecule has 0 bridgehead atoms. The zero-order chi connectivity index (χ0) is 10.6. The molecule has 1 heterocycles. The van der Waals surface area contributed by atoms with Gasteiger partial charge in [-0.05, 0) is 25.0 Å². The summed E-state index contributed by atoms with van der Waals surface area (Å²) in [7, 11) is 0. The number of aryl methyl sites for hydroxylation is 1. The highest BCUT2D eigenvalue weighted by atomic mass is 16.3. The van der Waals surface area contributed by atoms with Crippen LogP contribution in [0.4, 0.5) is 11.5 Å². The lowest BCUT2D eigenvalue weighted by Crippen LogP contribution is -2.19. The number of pyridine rings is 1. The predicted octanol–water partition coefficient (Wildman–Crippen LogP) is 1.16. The van der Waals surface area contributed by atoms with Crippen molar-refractivity contribution in [2.75, 3.05) is 17.6 Å². The Bertz CT molecular complexity index is 301. The Morgan fingerprint density at radius 3 is 3.00 bits per heavy atom. The Labute approximate surface area is 84.2 Å². The highest BCUT2D eigenvalue weighted by Crippen LogP contribution is 2.18. The van der Waals surface area contributed by atoms with E-state index in [1.807, 2.05) is 19.9 Å². The summed E-state index contributed by atoms with van der Waals surface area (Å²) in [6, 6.07) is 1.86. The molecule has 1 unspecified atom stereocenters. The van der Waals surface area contributed by atoms with E-state index >= 15 is 0 Å². The minimum Gasteiger partial charge on any atom is -0.396 e. The van der Waals surface area contributed by atoms with Gasteiger partial charge >= 0.3 is 0 Å². The Hall–Kier alpha value is -1.29. The van der Waals surface area contributed by atoms with Crippen molar-refractivity contribution in [2.24, 2.45) is 0 Å². The summed E-state index contributed by atoms with van der Waals surface area (Å²) in [6.07, 6.45) is 2.07. The minimum atomic E-state index is -0.350. The third-order valence-corrected chi connectivity index (χ3v) is 2.18. The van der Waals surface area contributed by atoms with Crippen LogP contribution >= 0.6 is 0 Å². The number of rotatable bonds is 4. The summed E-state index contributed by atoms with van der Waals surface area (Å²) in [5.41, 5.74) is 7.45. The van der Waals surface area contributed by atoms with Crippen molar-refractivity contribution in [3.8, 4) is 0 Å². The summed E-state index contributed by atoms with van der Waals surface area (Å²) < 4.78 is 0. The first-order valence-corrected chi connectivity index (χ1v) is 4.78. The molecule has 0 aliphatic rings. The smallest absolute Gasteiger partial charge is 0.149 e. The zero-order valence-electron chi connectivity index (χ0n) is 8.62. The number of nitrogens with zero attached hydrogens (tertiary/aromatic N) is 1.